The molecule has 0 saturated carbocycles. The molecule has 1 heterocycles. The van der Waals surface area contributed by atoms with Crippen molar-refractivity contribution in [3.05, 3.63) is 66.0 Å². The minimum Gasteiger partial charge on any atom is -0.495 e. The van der Waals surface area contributed by atoms with Gasteiger partial charge in [-0.2, -0.15) is 15.0 Å². The van der Waals surface area contributed by atoms with Crippen molar-refractivity contribution < 1.29 is 4.74 Å². The number of hydrogen-bond donors (Lipinski definition) is 2. The molecule has 0 aliphatic heterocycles. The van der Waals surface area contributed by atoms with Gasteiger partial charge >= 0.3 is 0 Å². The number of methoxy groups -OCH3 is 1. The number of rotatable bonds is 7. The van der Waals surface area contributed by atoms with Gasteiger partial charge in [0, 0.05) is 5.25 Å². The molecule has 7 heteroatoms. The summed E-state index contributed by atoms with van der Waals surface area (Å²) < 4.78 is 5.34. The summed E-state index contributed by atoms with van der Waals surface area (Å²) in [5, 5.41) is 3.48. The molecule has 0 amide bonds. The molecule has 0 aliphatic rings. The minimum absolute atomic E-state index is 0.195. The van der Waals surface area contributed by atoms with E-state index in [0.29, 0.717) is 28.5 Å². The molecule has 0 fully saturated rings. The zero-order valence-corrected chi connectivity index (χ0v) is 15.5. The molecule has 0 saturated heterocycles. The summed E-state index contributed by atoms with van der Waals surface area (Å²) in [7, 11) is 1.62. The number of nitrogen functional groups attached to an aromatic ring is 1. The number of nitrogens with two attached hydrogens (primary N) is 1. The van der Waals surface area contributed by atoms with Crippen molar-refractivity contribution >= 4 is 29.3 Å². The zero-order valence-electron chi connectivity index (χ0n) is 14.7. The summed E-state index contributed by atoms with van der Waals surface area (Å²) in [6, 6.07) is 17.9. The molecule has 3 rings (SSSR count). The van der Waals surface area contributed by atoms with Gasteiger partial charge in [-0.25, -0.2) is 0 Å². The molecule has 6 nitrogen and oxygen atoms in total. The maximum absolute atomic E-state index is 5.86. The molecule has 1 aromatic heterocycles. The van der Waals surface area contributed by atoms with E-state index in [1.807, 2.05) is 42.5 Å². The fourth-order valence-corrected chi connectivity index (χ4v) is 3.32. The van der Waals surface area contributed by atoms with Crippen LogP contribution in [-0.4, -0.2) is 22.1 Å². The van der Waals surface area contributed by atoms with Crippen molar-refractivity contribution in [1.82, 2.24) is 15.0 Å². The molecular formula is C19H21N5OS. The molecule has 1 unspecified atom stereocenters. The van der Waals surface area contributed by atoms with E-state index in [2.05, 4.69) is 39.3 Å². The fraction of sp³-hybridized carbons (Fsp3) is 0.211. The Morgan fingerprint density at radius 1 is 1.04 bits per heavy atom. The first-order chi connectivity index (χ1) is 12.7. The van der Waals surface area contributed by atoms with Gasteiger partial charge in [0.05, 0.1) is 18.6 Å². The van der Waals surface area contributed by atoms with Crippen molar-refractivity contribution in [2.75, 3.05) is 18.2 Å². The average molecular weight is 367 g/mol. The largest absolute Gasteiger partial charge is 0.495 e. The smallest absolute Gasteiger partial charge is 0.232 e. The number of hydrogen-bond acceptors (Lipinski definition) is 7. The van der Waals surface area contributed by atoms with Crippen LogP contribution in [0.5, 0.6) is 5.75 Å². The third-order valence-electron chi connectivity index (χ3n) is 3.78. The van der Waals surface area contributed by atoms with Gasteiger partial charge in [-0.3, -0.25) is 0 Å². The van der Waals surface area contributed by atoms with E-state index < -0.39 is 0 Å². The summed E-state index contributed by atoms with van der Waals surface area (Å²) >= 11 is 1.75. The molecular weight excluding hydrogens is 346 g/mol. The van der Waals surface area contributed by atoms with E-state index in [4.69, 9.17) is 10.5 Å². The SMILES string of the molecule is COc1ccccc1Nc1nc(N)nc(CSC(C)c2ccccc2)n1. The third kappa shape index (κ3) is 4.64. The monoisotopic (exact) mass is 367 g/mol. The predicted molar refractivity (Wildman–Crippen MR) is 107 cm³/mol. The third-order valence-corrected chi connectivity index (χ3v) is 4.98. The Morgan fingerprint density at radius 3 is 2.54 bits per heavy atom. The van der Waals surface area contributed by atoms with Crippen LogP contribution >= 0.6 is 11.8 Å². The summed E-state index contributed by atoms with van der Waals surface area (Å²) in [6.07, 6.45) is 0. The number of benzene rings is 2. The topological polar surface area (TPSA) is 86.0 Å². The number of thioether (sulfide) groups is 1. The van der Waals surface area contributed by atoms with Crippen molar-refractivity contribution in [2.45, 2.75) is 17.9 Å². The minimum atomic E-state index is 0.195. The first-order valence-electron chi connectivity index (χ1n) is 8.22. The lowest BCUT2D eigenvalue weighted by Gasteiger charge is -2.12. The first kappa shape index (κ1) is 18.0. The highest BCUT2D eigenvalue weighted by Crippen LogP contribution is 2.30. The van der Waals surface area contributed by atoms with Gasteiger partial charge in [-0.05, 0) is 24.6 Å². The lowest BCUT2D eigenvalue weighted by molar-refractivity contribution is 0.417. The molecule has 0 spiro atoms. The molecule has 0 bridgehead atoms. The second kappa shape index (κ2) is 8.53. The molecule has 0 radical (unpaired) electrons. The summed E-state index contributed by atoms with van der Waals surface area (Å²) in [6.45, 7) is 2.17. The lowest BCUT2D eigenvalue weighted by atomic mass is 10.2. The number of anilines is 3. The maximum atomic E-state index is 5.86. The zero-order chi connectivity index (χ0) is 18.4. The van der Waals surface area contributed by atoms with Gasteiger partial charge in [0.25, 0.3) is 0 Å². The Bertz CT molecular complexity index is 860. The van der Waals surface area contributed by atoms with Crippen LogP contribution in [0, 0.1) is 0 Å². The van der Waals surface area contributed by atoms with Crippen molar-refractivity contribution in [2.24, 2.45) is 0 Å². The molecule has 26 heavy (non-hydrogen) atoms. The molecule has 3 aromatic rings. The Hall–Kier alpha value is -2.80. The summed E-state index contributed by atoms with van der Waals surface area (Å²) in [5.74, 6) is 2.59. The maximum Gasteiger partial charge on any atom is 0.232 e. The summed E-state index contributed by atoms with van der Waals surface area (Å²) in [4.78, 5) is 12.9. The van der Waals surface area contributed by atoms with Gasteiger partial charge in [0.1, 0.15) is 11.6 Å². The standard InChI is InChI=1S/C19H21N5OS/c1-13(14-8-4-3-5-9-14)26-12-17-22-18(20)24-19(23-17)21-15-10-6-7-11-16(15)25-2/h3-11,13H,12H2,1-2H3,(H3,20,21,22,23,24). The van der Waals surface area contributed by atoms with Crippen LogP contribution in [0.2, 0.25) is 0 Å². The van der Waals surface area contributed by atoms with Crippen molar-refractivity contribution in [3.63, 3.8) is 0 Å². The van der Waals surface area contributed by atoms with Crippen molar-refractivity contribution in [3.8, 4) is 5.75 Å². The highest BCUT2D eigenvalue weighted by Gasteiger charge is 2.11. The molecule has 0 aliphatic carbocycles. The van der Waals surface area contributed by atoms with Crippen LogP contribution in [0.15, 0.2) is 54.6 Å². The molecule has 134 valence electrons. The molecule has 2 aromatic carbocycles. The molecule has 3 N–H and O–H groups in total. The van der Waals surface area contributed by atoms with E-state index in [1.165, 1.54) is 5.56 Å². The van der Waals surface area contributed by atoms with Gasteiger partial charge < -0.3 is 15.8 Å². The van der Waals surface area contributed by atoms with Crippen LogP contribution in [0.4, 0.5) is 17.6 Å². The fourth-order valence-electron chi connectivity index (χ4n) is 2.45. The highest BCUT2D eigenvalue weighted by molar-refractivity contribution is 7.98. The number of para-hydroxylation sites is 2. The number of aromatic nitrogens is 3. The number of nitrogens with zero attached hydrogens (tertiary/aromatic N) is 3. The second-order valence-corrected chi connectivity index (χ2v) is 6.95. The highest BCUT2D eigenvalue weighted by atomic mass is 32.2. The average Bonchev–Trinajstić information content (AvgIpc) is 2.67. The van der Waals surface area contributed by atoms with Crippen LogP contribution in [0.25, 0.3) is 0 Å². The van der Waals surface area contributed by atoms with E-state index in [9.17, 15) is 0 Å². The van der Waals surface area contributed by atoms with Crippen LogP contribution < -0.4 is 15.8 Å². The van der Waals surface area contributed by atoms with Gasteiger partial charge in [0.2, 0.25) is 11.9 Å². The van der Waals surface area contributed by atoms with Gasteiger partial charge in [-0.15, -0.1) is 11.8 Å². The second-order valence-electron chi connectivity index (χ2n) is 5.62. The Morgan fingerprint density at radius 2 is 1.77 bits per heavy atom. The summed E-state index contributed by atoms with van der Waals surface area (Å²) in [5.41, 5.74) is 7.90. The first-order valence-corrected chi connectivity index (χ1v) is 9.27. The van der Waals surface area contributed by atoms with Gasteiger partial charge in [-0.1, -0.05) is 42.5 Å². The Kier molecular flexibility index (Phi) is 5.91. The van der Waals surface area contributed by atoms with Crippen LogP contribution in [0.1, 0.15) is 23.6 Å². The van der Waals surface area contributed by atoms with Crippen molar-refractivity contribution in [1.29, 1.82) is 0 Å². The predicted octanol–water partition coefficient (Wildman–Crippen LogP) is 4.20. The Balaban J connectivity index is 1.71. The quantitative estimate of drug-likeness (QED) is 0.647. The van der Waals surface area contributed by atoms with Gasteiger partial charge in [0.15, 0.2) is 0 Å². The van der Waals surface area contributed by atoms with Crippen LogP contribution in [0.3, 0.4) is 0 Å². The van der Waals surface area contributed by atoms with E-state index in [1.54, 1.807) is 18.9 Å². The normalized spacial score (nSPS) is 11.8. The van der Waals surface area contributed by atoms with E-state index in [0.717, 1.165) is 5.69 Å². The van der Waals surface area contributed by atoms with E-state index >= 15 is 0 Å². The lowest BCUT2D eigenvalue weighted by Crippen LogP contribution is -2.07. The molecule has 1 atom stereocenters. The van der Waals surface area contributed by atoms with E-state index in [-0.39, 0.29) is 5.95 Å². The van der Waals surface area contributed by atoms with Crippen LogP contribution in [-0.2, 0) is 5.75 Å². The Labute approximate surface area is 157 Å². The number of ether oxygens (including phenoxy) is 1. The number of nitrogens with one attached hydrogen (secondary N) is 1.